The van der Waals surface area contributed by atoms with Crippen molar-refractivity contribution in [3.8, 4) is 22.3 Å². The van der Waals surface area contributed by atoms with Crippen LogP contribution in [0.4, 0.5) is 0 Å². The Bertz CT molecular complexity index is 1240. The molecule has 0 heterocycles. The van der Waals surface area contributed by atoms with Crippen LogP contribution >= 0.6 is 0 Å². The molecule has 34 heavy (non-hydrogen) atoms. The Morgan fingerprint density at radius 1 is 0.471 bits per heavy atom. The number of aliphatic hydroxyl groups excluding tert-OH is 1. The predicted octanol–water partition coefficient (Wildman–Crippen LogP) is 5.25. The maximum atomic E-state index is 10.4. The zero-order valence-corrected chi connectivity index (χ0v) is 18.4. The number of rotatable bonds is 6. The van der Waals surface area contributed by atoms with Crippen LogP contribution in [0.25, 0.3) is 22.3 Å². The molecule has 0 unspecified atom stereocenters. The minimum absolute atomic E-state index is 0.00581. The Kier molecular flexibility index (Phi) is 5.17. The highest BCUT2D eigenvalue weighted by molar-refractivity contribution is 6.25. The van der Waals surface area contributed by atoms with Gasteiger partial charge in [0.05, 0.1) is 0 Å². The summed E-state index contributed by atoms with van der Waals surface area (Å²) in [7, 11) is 0. The molecule has 5 nitrogen and oxygen atoms in total. The molecule has 5 heteroatoms. The average Bonchev–Trinajstić information content (AvgIpc) is 3.38. The van der Waals surface area contributed by atoms with E-state index in [0.29, 0.717) is 0 Å². The van der Waals surface area contributed by atoms with Crippen LogP contribution in [0, 0.1) is 0 Å². The Morgan fingerprint density at radius 2 is 0.735 bits per heavy atom. The third-order valence-electron chi connectivity index (χ3n) is 6.15. The highest BCUT2D eigenvalue weighted by atomic mass is 16.7. The van der Waals surface area contributed by atoms with Gasteiger partial charge in [0.15, 0.2) is 0 Å². The molecule has 0 saturated heterocycles. The molecule has 4 aromatic rings. The first-order valence-electron chi connectivity index (χ1n) is 11.3. The molecule has 0 spiro atoms. The van der Waals surface area contributed by atoms with E-state index >= 15 is 0 Å². The molecular formula is C29H22N2O3. The van der Waals surface area contributed by atoms with Gasteiger partial charge in [-0.3, -0.25) is 0 Å². The Morgan fingerprint density at radius 3 is 1.03 bits per heavy atom. The van der Waals surface area contributed by atoms with Crippen molar-refractivity contribution in [2.45, 2.75) is 6.10 Å². The van der Waals surface area contributed by atoms with Gasteiger partial charge in [-0.2, -0.15) is 0 Å². The number of fused-ring (bicyclic) bond motifs is 6. The molecule has 6 rings (SSSR count). The third-order valence-corrected chi connectivity index (χ3v) is 6.15. The van der Waals surface area contributed by atoms with Crippen LogP contribution in [0.3, 0.4) is 0 Å². The van der Waals surface area contributed by atoms with Gasteiger partial charge in [0.1, 0.15) is 30.7 Å². The van der Waals surface area contributed by atoms with Gasteiger partial charge in [0.25, 0.3) is 0 Å². The van der Waals surface area contributed by atoms with Gasteiger partial charge in [-0.1, -0.05) is 107 Å². The molecule has 0 amide bonds. The first-order chi connectivity index (χ1) is 16.8. The van der Waals surface area contributed by atoms with E-state index in [-0.39, 0.29) is 13.2 Å². The largest absolute Gasteiger partial charge is 0.392 e. The minimum Gasteiger partial charge on any atom is -0.392 e. The summed E-state index contributed by atoms with van der Waals surface area (Å²) in [6.07, 6.45) is -0.868. The summed E-state index contributed by atoms with van der Waals surface area (Å²) < 4.78 is 0. The van der Waals surface area contributed by atoms with Crippen molar-refractivity contribution in [2.24, 2.45) is 10.3 Å². The van der Waals surface area contributed by atoms with Gasteiger partial charge in [-0.15, -0.1) is 0 Å². The molecule has 2 aliphatic carbocycles. The van der Waals surface area contributed by atoms with E-state index in [9.17, 15) is 5.11 Å². The van der Waals surface area contributed by atoms with Crippen LogP contribution in [0.1, 0.15) is 22.3 Å². The van der Waals surface area contributed by atoms with E-state index in [0.717, 1.165) is 55.9 Å². The summed E-state index contributed by atoms with van der Waals surface area (Å²) in [6, 6.07) is 32.5. The van der Waals surface area contributed by atoms with Gasteiger partial charge >= 0.3 is 0 Å². The second-order valence-corrected chi connectivity index (χ2v) is 8.31. The lowest BCUT2D eigenvalue weighted by molar-refractivity contribution is -0.0161. The summed E-state index contributed by atoms with van der Waals surface area (Å²) in [5, 5.41) is 19.1. The van der Waals surface area contributed by atoms with Gasteiger partial charge in [0.2, 0.25) is 0 Å². The third kappa shape index (κ3) is 3.47. The molecule has 0 atom stereocenters. The zero-order chi connectivity index (χ0) is 22.9. The van der Waals surface area contributed by atoms with Gasteiger partial charge in [0, 0.05) is 22.3 Å². The molecule has 4 aromatic carbocycles. The molecular weight excluding hydrogens is 424 g/mol. The second kappa shape index (κ2) is 8.61. The van der Waals surface area contributed by atoms with Crippen molar-refractivity contribution in [1.29, 1.82) is 0 Å². The molecule has 0 fully saturated rings. The predicted molar refractivity (Wildman–Crippen MR) is 133 cm³/mol. The standard InChI is InChI=1S/C29H22N2O3/c32-19(17-33-30-28-24-13-5-1-9-20(24)21-10-2-6-14-25(21)28)18-34-31-29-26-15-7-3-11-22(26)23-12-4-8-16-27(23)29/h1-16,19,32H,17-18H2. The quantitative estimate of drug-likeness (QED) is 0.356. The lowest BCUT2D eigenvalue weighted by Gasteiger charge is -2.09. The molecule has 0 aliphatic heterocycles. The van der Waals surface area contributed by atoms with Gasteiger partial charge in [-0.05, 0) is 22.3 Å². The molecule has 0 bridgehead atoms. The van der Waals surface area contributed by atoms with Crippen LogP contribution in [0.5, 0.6) is 0 Å². The molecule has 1 N–H and O–H groups in total. The summed E-state index contributed by atoms with van der Waals surface area (Å²) in [4.78, 5) is 11.1. The summed E-state index contributed by atoms with van der Waals surface area (Å²) >= 11 is 0. The van der Waals surface area contributed by atoms with Gasteiger partial charge < -0.3 is 14.8 Å². The van der Waals surface area contributed by atoms with E-state index in [1.807, 2.05) is 72.8 Å². The van der Waals surface area contributed by atoms with E-state index in [1.54, 1.807) is 0 Å². The van der Waals surface area contributed by atoms with E-state index in [1.165, 1.54) is 0 Å². The lowest BCUT2D eigenvalue weighted by atomic mass is 10.1. The Hall–Kier alpha value is -4.22. The second-order valence-electron chi connectivity index (χ2n) is 8.31. The number of nitrogens with zero attached hydrogens (tertiary/aromatic N) is 2. The molecule has 0 radical (unpaired) electrons. The minimum atomic E-state index is -0.868. The number of aliphatic hydroxyl groups is 1. The Balaban J connectivity index is 1.13. The van der Waals surface area contributed by atoms with Crippen molar-refractivity contribution in [3.05, 3.63) is 119 Å². The fourth-order valence-electron chi connectivity index (χ4n) is 4.61. The average molecular weight is 447 g/mol. The van der Waals surface area contributed by atoms with Crippen LogP contribution in [-0.4, -0.2) is 35.8 Å². The maximum Gasteiger partial charge on any atom is 0.146 e. The first-order valence-corrected chi connectivity index (χ1v) is 11.3. The monoisotopic (exact) mass is 446 g/mol. The Labute approximate surface area is 197 Å². The zero-order valence-electron chi connectivity index (χ0n) is 18.4. The molecule has 0 aromatic heterocycles. The number of benzene rings is 4. The van der Waals surface area contributed by atoms with E-state index in [2.05, 4.69) is 34.6 Å². The van der Waals surface area contributed by atoms with Crippen LogP contribution in [-0.2, 0) is 9.68 Å². The fourth-order valence-corrected chi connectivity index (χ4v) is 4.61. The molecule has 166 valence electrons. The summed E-state index contributed by atoms with van der Waals surface area (Å²) in [5.74, 6) is 0. The molecule has 2 aliphatic rings. The van der Waals surface area contributed by atoms with Crippen molar-refractivity contribution in [2.75, 3.05) is 13.2 Å². The van der Waals surface area contributed by atoms with Crippen molar-refractivity contribution < 1.29 is 14.8 Å². The smallest absolute Gasteiger partial charge is 0.146 e. The van der Waals surface area contributed by atoms with Crippen LogP contribution < -0.4 is 0 Å². The van der Waals surface area contributed by atoms with Crippen molar-refractivity contribution in [1.82, 2.24) is 0 Å². The number of oxime groups is 2. The SMILES string of the molecule is OC(CON=C1c2ccccc2-c2ccccc21)CON=C1c2ccccc2-c2ccccc21. The van der Waals surface area contributed by atoms with Crippen molar-refractivity contribution in [3.63, 3.8) is 0 Å². The normalized spacial score (nSPS) is 12.6. The van der Waals surface area contributed by atoms with Crippen LogP contribution in [0.2, 0.25) is 0 Å². The van der Waals surface area contributed by atoms with Gasteiger partial charge in [-0.25, -0.2) is 0 Å². The lowest BCUT2D eigenvalue weighted by Crippen LogP contribution is -2.20. The van der Waals surface area contributed by atoms with E-state index in [4.69, 9.17) is 9.68 Å². The summed E-state index contributed by atoms with van der Waals surface area (Å²) in [5.41, 5.74) is 10.2. The number of hydrogen-bond donors (Lipinski definition) is 1. The summed E-state index contributed by atoms with van der Waals surface area (Å²) in [6.45, 7) is 0.0116. The van der Waals surface area contributed by atoms with E-state index < -0.39 is 6.10 Å². The first kappa shape index (κ1) is 20.4. The molecule has 0 saturated carbocycles. The highest BCUT2D eigenvalue weighted by Crippen LogP contribution is 2.37. The van der Waals surface area contributed by atoms with Crippen LogP contribution in [0.15, 0.2) is 107 Å². The number of hydrogen-bond acceptors (Lipinski definition) is 5. The van der Waals surface area contributed by atoms with Crippen molar-refractivity contribution >= 4 is 11.4 Å². The topological polar surface area (TPSA) is 63.4 Å². The fraction of sp³-hybridized carbons (Fsp3) is 0.103. The maximum absolute atomic E-state index is 10.4. The highest BCUT2D eigenvalue weighted by Gasteiger charge is 2.26.